The summed E-state index contributed by atoms with van der Waals surface area (Å²) in [5.74, 6) is 6.36. The number of aromatic nitrogens is 1. The van der Waals surface area contributed by atoms with Gasteiger partial charge in [0.15, 0.2) is 0 Å². The SMILES string of the molecule is NNC(CCc1ccccn1)C1CCOC2(CCOC2)C1. The zero-order valence-electron chi connectivity index (χ0n) is 12.5. The van der Waals surface area contributed by atoms with E-state index in [4.69, 9.17) is 15.3 Å². The van der Waals surface area contributed by atoms with Crippen molar-refractivity contribution in [2.75, 3.05) is 19.8 Å². The number of pyridine rings is 1. The van der Waals surface area contributed by atoms with E-state index in [9.17, 15) is 0 Å². The molecule has 3 rings (SSSR count). The standard InChI is InChI=1S/C16H25N3O2/c17-19-15(5-4-14-3-1-2-8-18-14)13-6-9-21-16(11-13)7-10-20-12-16/h1-3,8,13,15,19H,4-7,9-12,17H2. The third-order valence-corrected chi connectivity index (χ3v) is 4.82. The van der Waals surface area contributed by atoms with Crippen molar-refractivity contribution in [3.05, 3.63) is 30.1 Å². The van der Waals surface area contributed by atoms with Crippen LogP contribution in [0.5, 0.6) is 0 Å². The van der Waals surface area contributed by atoms with E-state index in [-0.39, 0.29) is 5.60 Å². The monoisotopic (exact) mass is 291 g/mol. The molecule has 0 saturated carbocycles. The highest BCUT2D eigenvalue weighted by atomic mass is 16.6. The average Bonchev–Trinajstić information content (AvgIpc) is 2.97. The molecule has 116 valence electrons. The maximum Gasteiger partial charge on any atom is 0.0939 e. The molecule has 2 fully saturated rings. The van der Waals surface area contributed by atoms with Gasteiger partial charge < -0.3 is 9.47 Å². The predicted molar refractivity (Wildman–Crippen MR) is 80.5 cm³/mol. The molecule has 1 spiro atoms. The lowest BCUT2D eigenvalue weighted by Gasteiger charge is -2.40. The first-order chi connectivity index (χ1) is 10.3. The third kappa shape index (κ3) is 3.61. The minimum atomic E-state index is -0.0526. The highest BCUT2D eigenvalue weighted by molar-refractivity contribution is 5.04. The van der Waals surface area contributed by atoms with E-state index in [1.807, 2.05) is 18.3 Å². The Hall–Kier alpha value is -1.01. The van der Waals surface area contributed by atoms with Gasteiger partial charge in [-0.2, -0.15) is 0 Å². The minimum absolute atomic E-state index is 0.0526. The lowest BCUT2D eigenvalue weighted by molar-refractivity contribution is -0.103. The van der Waals surface area contributed by atoms with Gasteiger partial charge >= 0.3 is 0 Å². The van der Waals surface area contributed by atoms with Crippen molar-refractivity contribution in [2.45, 2.75) is 43.7 Å². The molecule has 3 unspecified atom stereocenters. The normalized spacial score (nSPS) is 30.6. The molecule has 0 bridgehead atoms. The Bertz CT molecular complexity index is 434. The second kappa shape index (κ2) is 6.83. The second-order valence-corrected chi connectivity index (χ2v) is 6.22. The lowest BCUT2D eigenvalue weighted by Crippen LogP contribution is -2.49. The van der Waals surface area contributed by atoms with E-state index in [1.54, 1.807) is 0 Å². The first-order valence-electron chi connectivity index (χ1n) is 7.89. The van der Waals surface area contributed by atoms with Gasteiger partial charge in [0, 0.05) is 37.6 Å². The fourth-order valence-corrected chi connectivity index (χ4v) is 3.58. The van der Waals surface area contributed by atoms with Crippen LogP contribution in [0.4, 0.5) is 0 Å². The van der Waals surface area contributed by atoms with Crippen LogP contribution in [-0.2, 0) is 15.9 Å². The largest absolute Gasteiger partial charge is 0.378 e. The molecule has 0 aliphatic carbocycles. The number of hydrogen-bond donors (Lipinski definition) is 2. The van der Waals surface area contributed by atoms with Gasteiger partial charge in [-0.15, -0.1) is 0 Å². The zero-order valence-corrected chi connectivity index (χ0v) is 12.5. The molecule has 3 N–H and O–H groups in total. The van der Waals surface area contributed by atoms with E-state index in [0.717, 1.165) is 57.6 Å². The molecular weight excluding hydrogens is 266 g/mol. The topological polar surface area (TPSA) is 69.4 Å². The van der Waals surface area contributed by atoms with Crippen LogP contribution in [0.1, 0.15) is 31.4 Å². The van der Waals surface area contributed by atoms with Crippen LogP contribution in [0.2, 0.25) is 0 Å². The van der Waals surface area contributed by atoms with Crippen molar-refractivity contribution in [2.24, 2.45) is 11.8 Å². The second-order valence-electron chi connectivity index (χ2n) is 6.22. The van der Waals surface area contributed by atoms with E-state index < -0.39 is 0 Å². The van der Waals surface area contributed by atoms with Crippen LogP contribution in [0.15, 0.2) is 24.4 Å². The van der Waals surface area contributed by atoms with Crippen LogP contribution >= 0.6 is 0 Å². The van der Waals surface area contributed by atoms with Gasteiger partial charge in [0.1, 0.15) is 0 Å². The molecule has 5 nitrogen and oxygen atoms in total. The first kappa shape index (κ1) is 14.9. The Kier molecular flexibility index (Phi) is 4.85. The number of nitrogens with two attached hydrogens (primary N) is 1. The highest BCUT2D eigenvalue weighted by Crippen LogP contribution is 2.37. The summed E-state index contributed by atoms with van der Waals surface area (Å²) in [6.45, 7) is 2.37. The molecule has 0 amide bonds. The van der Waals surface area contributed by atoms with E-state index >= 15 is 0 Å². The molecule has 0 aromatic carbocycles. The summed E-state index contributed by atoms with van der Waals surface area (Å²) in [5.41, 5.74) is 4.10. The maximum atomic E-state index is 6.01. The van der Waals surface area contributed by atoms with Gasteiger partial charge in [-0.1, -0.05) is 6.07 Å². The smallest absolute Gasteiger partial charge is 0.0939 e. The Balaban J connectivity index is 1.57. The molecule has 21 heavy (non-hydrogen) atoms. The first-order valence-corrected chi connectivity index (χ1v) is 7.89. The average molecular weight is 291 g/mol. The molecular formula is C16H25N3O2. The van der Waals surface area contributed by atoms with Gasteiger partial charge in [0.25, 0.3) is 0 Å². The van der Waals surface area contributed by atoms with E-state index in [0.29, 0.717) is 12.0 Å². The fraction of sp³-hybridized carbons (Fsp3) is 0.688. The number of ether oxygens (including phenoxy) is 2. The maximum absolute atomic E-state index is 6.01. The zero-order chi connectivity index (χ0) is 14.5. The Labute approximate surface area is 126 Å². The van der Waals surface area contributed by atoms with Crippen LogP contribution in [-0.4, -0.2) is 36.4 Å². The molecule has 5 heteroatoms. The van der Waals surface area contributed by atoms with E-state index in [2.05, 4.69) is 16.5 Å². The van der Waals surface area contributed by atoms with Crippen LogP contribution in [0.3, 0.4) is 0 Å². The summed E-state index contributed by atoms with van der Waals surface area (Å²) in [7, 11) is 0. The number of hydrazine groups is 1. The van der Waals surface area contributed by atoms with Crippen LogP contribution in [0.25, 0.3) is 0 Å². The van der Waals surface area contributed by atoms with Crippen LogP contribution in [0, 0.1) is 5.92 Å². The van der Waals surface area contributed by atoms with E-state index in [1.165, 1.54) is 0 Å². The van der Waals surface area contributed by atoms with Crippen molar-refractivity contribution >= 4 is 0 Å². The summed E-state index contributed by atoms with van der Waals surface area (Å²) in [6.07, 6.45) is 6.94. The van der Waals surface area contributed by atoms with Gasteiger partial charge in [-0.25, -0.2) is 0 Å². The highest BCUT2D eigenvalue weighted by Gasteiger charge is 2.42. The van der Waals surface area contributed by atoms with Crippen molar-refractivity contribution in [3.8, 4) is 0 Å². The molecule has 0 radical (unpaired) electrons. The molecule has 2 aliphatic rings. The lowest BCUT2D eigenvalue weighted by atomic mass is 9.80. The number of hydrogen-bond acceptors (Lipinski definition) is 5. The molecule has 2 aliphatic heterocycles. The Morgan fingerprint density at radius 3 is 3.10 bits per heavy atom. The summed E-state index contributed by atoms with van der Waals surface area (Å²) >= 11 is 0. The van der Waals surface area contributed by atoms with Crippen molar-refractivity contribution in [3.63, 3.8) is 0 Å². The molecule has 3 heterocycles. The molecule has 1 aromatic rings. The van der Waals surface area contributed by atoms with Gasteiger partial charge in [0.2, 0.25) is 0 Å². The number of nitrogens with one attached hydrogen (secondary N) is 1. The van der Waals surface area contributed by atoms with Crippen molar-refractivity contribution in [1.29, 1.82) is 0 Å². The number of nitrogens with zero attached hydrogens (tertiary/aromatic N) is 1. The Morgan fingerprint density at radius 1 is 1.43 bits per heavy atom. The third-order valence-electron chi connectivity index (χ3n) is 4.82. The molecule has 3 atom stereocenters. The summed E-state index contributed by atoms with van der Waals surface area (Å²) < 4.78 is 11.6. The quantitative estimate of drug-likeness (QED) is 0.634. The number of aryl methyl sites for hydroxylation is 1. The number of rotatable bonds is 5. The van der Waals surface area contributed by atoms with Crippen LogP contribution < -0.4 is 11.3 Å². The minimum Gasteiger partial charge on any atom is -0.378 e. The predicted octanol–water partition coefficient (Wildman–Crippen LogP) is 1.43. The van der Waals surface area contributed by atoms with Crippen molar-refractivity contribution in [1.82, 2.24) is 10.4 Å². The summed E-state index contributed by atoms with van der Waals surface area (Å²) in [5, 5.41) is 0. The molecule has 2 saturated heterocycles. The fourth-order valence-electron chi connectivity index (χ4n) is 3.58. The summed E-state index contributed by atoms with van der Waals surface area (Å²) in [6, 6.07) is 6.37. The van der Waals surface area contributed by atoms with Gasteiger partial charge in [-0.05, 0) is 43.7 Å². The Morgan fingerprint density at radius 2 is 2.38 bits per heavy atom. The van der Waals surface area contributed by atoms with Gasteiger partial charge in [-0.3, -0.25) is 16.3 Å². The van der Waals surface area contributed by atoms with Gasteiger partial charge in [0.05, 0.1) is 12.2 Å². The van der Waals surface area contributed by atoms with Crippen molar-refractivity contribution < 1.29 is 9.47 Å². The summed E-state index contributed by atoms with van der Waals surface area (Å²) in [4.78, 5) is 4.39. The molecule has 1 aromatic heterocycles.